The van der Waals surface area contributed by atoms with Crippen LogP contribution in [0.5, 0.6) is 0 Å². The van der Waals surface area contributed by atoms with Crippen LogP contribution in [-0.4, -0.2) is 37.4 Å². The first-order chi connectivity index (χ1) is 11.0. The normalized spacial score (nSPS) is 9.78. The number of nitrogens with zero attached hydrogens (tertiary/aromatic N) is 1. The number of halogens is 2. The molecular formula is C16H24Cl2N2O3. The molecule has 0 radical (unpaired) electrons. The first kappa shape index (κ1) is 21.7. The van der Waals surface area contributed by atoms with Crippen molar-refractivity contribution in [1.29, 1.82) is 0 Å². The SMILES string of the molecule is CCc1cccc(CC)c1N(COC)C(=O)CCl.NC(=O)CCl. The molecule has 0 unspecified atom stereocenters. The maximum atomic E-state index is 12.0. The predicted octanol–water partition coefficient (Wildman–Crippen LogP) is 2.70. The first-order valence-corrected chi connectivity index (χ1v) is 8.33. The number of hydrogen-bond acceptors (Lipinski definition) is 3. The van der Waals surface area contributed by atoms with Crippen LogP contribution in [0.15, 0.2) is 18.2 Å². The molecule has 5 nitrogen and oxygen atoms in total. The Morgan fingerprint density at radius 1 is 1.13 bits per heavy atom. The second-order valence-corrected chi connectivity index (χ2v) is 5.14. The van der Waals surface area contributed by atoms with Gasteiger partial charge in [0.1, 0.15) is 18.5 Å². The van der Waals surface area contributed by atoms with Gasteiger partial charge in [-0.05, 0) is 24.0 Å². The third-order valence-corrected chi connectivity index (χ3v) is 3.53. The molecule has 0 fully saturated rings. The summed E-state index contributed by atoms with van der Waals surface area (Å²) in [5.41, 5.74) is 7.76. The van der Waals surface area contributed by atoms with Gasteiger partial charge in [-0.25, -0.2) is 0 Å². The average Bonchev–Trinajstić information content (AvgIpc) is 2.58. The van der Waals surface area contributed by atoms with Crippen molar-refractivity contribution < 1.29 is 14.3 Å². The number of carbonyl (C=O) groups is 2. The van der Waals surface area contributed by atoms with E-state index < -0.39 is 5.91 Å². The summed E-state index contributed by atoms with van der Waals surface area (Å²) in [4.78, 5) is 23.0. The number of anilines is 1. The Labute approximate surface area is 147 Å². The zero-order chi connectivity index (χ0) is 17.8. The van der Waals surface area contributed by atoms with E-state index in [9.17, 15) is 9.59 Å². The van der Waals surface area contributed by atoms with Gasteiger partial charge in [0.15, 0.2) is 0 Å². The lowest BCUT2D eigenvalue weighted by Crippen LogP contribution is -2.35. The molecule has 1 rings (SSSR count). The van der Waals surface area contributed by atoms with Crippen LogP contribution in [0.25, 0.3) is 0 Å². The summed E-state index contributed by atoms with van der Waals surface area (Å²) in [6, 6.07) is 6.11. The molecule has 2 amide bonds. The molecule has 0 saturated carbocycles. The van der Waals surface area contributed by atoms with Crippen LogP contribution in [0, 0.1) is 0 Å². The highest BCUT2D eigenvalue weighted by molar-refractivity contribution is 6.29. The van der Waals surface area contributed by atoms with Crippen molar-refractivity contribution in [1.82, 2.24) is 0 Å². The molecule has 2 N–H and O–H groups in total. The number of benzene rings is 1. The first-order valence-electron chi connectivity index (χ1n) is 7.26. The monoisotopic (exact) mass is 362 g/mol. The van der Waals surface area contributed by atoms with Gasteiger partial charge < -0.3 is 10.5 Å². The van der Waals surface area contributed by atoms with E-state index in [0.717, 1.165) is 29.7 Å². The van der Waals surface area contributed by atoms with Crippen LogP contribution in [-0.2, 0) is 27.2 Å². The van der Waals surface area contributed by atoms with Crippen molar-refractivity contribution in [2.24, 2.45) is 5.73 Å². The summed E-state index contributed by atoms with van der Waals surface area (Å²) in [5.74, 6) is -0.731. The number of hydrogen-bond donors (Lipinski definition) is 1. The van der Waals surface area contributed by atoms with E-state index in [0.29, 0.717) is 0 Å². The molecule has 0 saturated heterocycles. The largest absolute Gasteiger partial charge is 0.369 e. The number of alkyl halides is 2. The van der Waals surface area contributed by atoms with Crippen LogP contribution in [0.4, 0.5) is 5.69 Å². The smallest absolute Gasteiger partial charge is 0.243 e. The molecule has 0 aliphatic carbocycles. The van der Waals surface area contributed by atoms with Gasteiger partial charge in [0.2, 0.25) is 11.8 Å². The van der Waals surface area contributed by atoms with Crippen LogP contribution < -0.4 is 10.6 Å². The summed E-state index contributed by atoms with van der Waals surface area (Å²) >= 11 is 10.5. The highest BCUT2D eigenvalue weighted by Crippen LogP contribution is 2.27. The van der Waals surface area contributed by atoms with Crippen molar-refractivity contribution in [2.75, 3.05) is 30.5 Å². The molecule has 23 heavy (non-hydrogen) atoms. The van der Waals surface area contributed by atoms with Gasteiger partial charge in [0.05, 0.1) is 5.69 Å². The molecule has 1 aromatic rings. The Balaban J connectivity index is 0.000000841. The number of rotatable bonds is 7. The number of aryl methyl sites for hydroxylation is 2. The van der Waals surface area contributed by atoms with E-state index in [1.165, 1.54) is 0 Å². The number of nitrogens with two attached hydrogens (primary N) is 1. The fraction of sp³-hybridized carbons (Fsp3) is 0.500. The van der Waals surface area contributed by atoms with Crippen molar-refractivity contribution in [3.8, 4) is 0 Å². The second kappa shape index (κ2) is 12.2. The van der Waals surface area contributed by atoms with Crippen molar-refractivity contribution in [2.45, 2.75) is 26.7 Å². The quantitative estimate of drug-likeness (QED) is 0.598. The van der Waals surface area contributed by atoms with E-state index in [-0.39, 0.29) is 24.4 Å². The van der Waals surface area contributed by atoms with Gasteiger partial charge in [-0.3, -0.25) is 14.5 Å². The molecule has 7 heteroatoms. The summed E-state index contributed by atoms with van der Waals surface area (Å²) < 4.78 is 5.13. The fourth-order valence-corrected chi connectivity index (χ4v) is 2.17. The van der Waals surface area contributed by atoms with E-state index in [4.69, 9.17) is 27.9 Å². The van der Waals surface area contributed by atoms with E-state index >= 15 is 0 Å². The zero-order valence-electron chi connectivity index (χ0n) is 13.8. The summed E-state index contributed by atoms with van der Waals surface area (Å²) in [5, 5.41) is 0. The number of para-hydroxylation sites is 1. The van der Waals surface area contributed by atoms with Crippen LogP contribution in [0.3, 0.4) is 0 Å². The predicted molar refractivity (Wildman–Crippen MR) is 95.2 cm³/mol. The standard InChI is InChI=1S/C14H20ClNO2.C2H4ClNO/c1-4-11-7-6-8-12(5-2)14(11)16(10-18-3)13(17)9-15;3-1-2(4)5/h6-8H,4-5,9-10H2,1-3H3;1H2,(H2,4,5). The van der Waals surface area contributed by atoms with Crippen LogP contribution in [0.2, 0.25) is 0 Å². The van der Waals surface area contributed by atoms with Gasteiger partial charge in [0.25, 0.3) is 0 Å². The van der Waals surface area contributed by atoms with Gasteiger partial charge in [0, 0.05) is 7.11 Å². The molecule has 0 heterocycles. The Morgan fingerprint density at radius 3 is 1.91 bits per heavy atom. The summed E-state index contributed by atoms with van der Waals surface area (Å²) in [6.45, 7) is 4.39. The third kappa shape index (κ3) is 7.20. The molecule has 130 valence electrons. The molecule has 0 aliphatic rings. The van der Waals surface area contributed by atoms with Crippen LogP contribution in [0.1, 0.15) is 25.0 Å². The Hall–Kier alpha value is -1.30. The van der Waals surface area contributed by atoms with E-state index in [1.807, 2.05) is 18.2 Å². The minimum atomic E-state index is -0.480. The Bertz CT molecular complexity index is 488. The maximum Gasteiger partial charge on any atom is 0.243 e. The number of carbonyl (C=O) groups excluding carboxylic acids is 2. The fourth-order valence-electron chi connectivity index (χ4n) is 2.02. The number of methoxy groups -OCH3 is 1. The van der Waals surface area contributed by atoms with Gasteiger partial charge in [-0.15, -0.1) is 23.2 Å². The lowest BCUT2D eigenvalue weighted by molar-refractivity contribution is -0.117. The molecule has 0 aliphatic heterocycles. The van der Waals surface area contributed by atoms with Gasteiger partial charge in [-0.1, -0.05) is 32.0 Å². The Kier molecular flexibility index (Phi) is 11.5. The maximum absolute atomic E-state index is 12.0. The van der Waals surface area contributed by atoms with Crippen molar-refractivity contribution in [3.05, 3.63) is 29.3 Å². The lowest BCUT2D eigenvalue weighted by atomic mass is 10.0. The molecule has 0 aromatic heterocycles. The van der Waals surface area contributed by atoms with Gasteiger partial charge >= 0.3 is 0 Å². The molecule has 0 spiro atoms. The summed E-state index contributed by atoms with van der Waals surface area (Å²) in [7, 11) is 1.58. The molecule has 1 aromatic carbocycles. The number of primary amides is 1. The van der Waals surface area contributed by atoms with E-state index in [2.05, 4.69) is 19.6 Å². The van der Waals surface area contributed by atoms with Crippen molar-refractivity contribution in [3.63, 3.8) is 0 Å². The summed E-state index contributed by atoms with van der Waals surface area (Å²) in [6.07, 6.45) is 1.75. The molecular weight excluding hydrogens is 339 g/mol. The lowest BCUT2D eigenvalue weighted by Gasteiger charge is -2.26. The Morgan fingerprint density at radius 2 is 1.61 bits per heavy atom. The number of ether oxygens (including phenoxy) is 1. The average molecular weight is 363 g/mol. The zero-order valence-corrected chi connectivity index (χ0v) is 15.3. The van der Waals surface area contributed by atoms with Crippen LogP contribution >= 0.6 is 23.2 Å². The second-order valence-electron chi connectivity index (χ2n) is 4.61. The third-order valence-electron chi connectivity index (χ3n) is 3.04. The minimum absolute atomic E-state index is 0.0371. The molecule has 0 bridgehead atoms. The highest BCUT2D eigenvalue weighted by atomic mass is 35.5. The van der Waals surface area contributed by atoms with E-state index in [1.54, 1.807) is 12.0 Å². The number of amides is 2. The highest BCUT2D eigenvalue weighted by Gasteiger charge is 2.19. The molecule has 0 atom stereocenters. The van der Waals surface area contributed by atoms with Crippen molar-refractivity contribution >= 4 is 40.7 Å². The van der Waals surface area contributed by atoms with Gasteiger partial charge in [-0.2, -0.15) is 0 Å². The topological polar surface area (TPSA) is 72.6 Å². The minimum Gasteiger partial charge on any atom is -0.369 e.